The normalized spacial score (nSPS) is 21.9. The maximum absolute atomic E-state index is 14.1. The van der Waals surface area contributed by atoms with Crippen molar-refractivity contribution in [2.24, 2.45) is 0 Å². The van der Waals surface area contributed by atoms with Gasteiger partial charge in [-0.25, -0.2) is 8.42 Å². The molecule has 3 aromatic rings. The third-order valence-corrected chi connectivity index (χ3v) is 8.40. The van der Waals surface area contributed by atoms with Crippen molar-refractivity contribution in [3.05, 3.63) is 102 Å². The molecule has 0 amide bonds. The monoisotopic (exact) mass is 551 g/mol. The quantitative estimate of drug-likeness (QED) is 0.440. The van der Waals surface area contributed by atoms with Crippen molar-refractivity contribution in [2.45, 2.75) is 68.9 Å². The average molecular weight is 552 g/mol. The highest BCUT2D eigenvalue weighted by Gasteiger charge is 2.63. The Morgan fingerprint density at radius 3 is 2.05 bits per heavy atom. The van der Waals surface area contributed by atoms with Crippen LogP contribution in [0.1, 0.15) is 43.9 Å². The van der Waals surface area contributed by atoms with Crippen molar-refractivity contribution in [2.75, 3.05) is 0 Å². The molecule has 0 bridgehead atoms. The van der Waals surface area contributed by atoms with Crippen LogP contribution in [0.25, 0.3) is 0 Å². The Bertz CT molecular complexity index is 1420. The summed E-state index contributed by atoms with van der Waals surface area (Å²) in [6.45, 7) is 6.65. The molecule has 1 fully saturated rings. The van der Waals surface area contributed by atoms with E-state index < -0.39 is 51.7 Å². The zero-order valence-corrected chi connectivity index (χ0v) is 23.2. The number of nitrogens with zero attached hydrogens (tertiary/aromatic N) is 1. The topological polar surface area (TPSA) is 110 Å². The smallest absolute Gasteiger partial charge is 0.328 e. The minimum absolute atomic E-state index is 0.125. The van der Waals surface area contributed by atoms with Gasteiger partial charge in [0, 0.05) is 6.42 Å². The van der Waals surface area contributed by atoms with Gasteiger partial charge in [0.25, 0.3) is 0 Å². The van der Waals surface area contributed by atoms with Crippen LogP contribution in [0.2, 0.25) is 0 Å². The molecule has 3 aromatic carbocycles. The van der Waals surface area contributed by atoms with Crippen molar-refractivity contribution >= 4 is 22.0 Å². The first-order valence-corrected chi connectivity index (χ1v) is 14.1. The molecule has 0 aliphatic carbocycles. The lowest BCUT2D eigenvalue weighted by molar-refractivity contribution is -0.160. The lowest BCUT2D eigenvalue weighted by atomic mass is 9.85. The molecule has 0 saturated carbocycles. The molecular weight excluding hydrogens is 518 g/mol. The molecule has 1 aliphatic heterocycles. The number of rotatable bonds is 7. The van der Waals surface area contributed by atoms with Crippen LogP contribution in [0, 0.1) is 6.92 Å². The van der Waals surface area contributed by atoms with E-state index in [4.69, 9.17) is 9.47 Å². The molecule has 0 unspecified atom stereocenters. The molecule has 4 rings (SSSR count). The van der Waals surface area contributed by atoms with Crippen LogP contribution >= 0.6 is 0 Å². The first kappa shape index (κ1) is 28.5. The molecule has 206 valence electrons. The van der Waals surface area contributed by atoms with Gasteiger partial charge in [0.05, 0.1) is 4.90 Å². The molecule has 39 heavy (non-hydrogen) atoms. The van der Waals surface area contributed by atoms with Crippen LogP contribution in [0.3, 0.4) is 0 Å². The second-order valence-corrected chi connectivity index (χ2v) is 12.5. The molecule has 1 aliphatic rings. The van der Waals surface area contributed by atoms with Gasteiger partial charge >= 0.3 is 11.9 Å². The maximum Gasteiger partial charge on any atom is 0.328 e. The lowest BCUT2D eigenvalue weighted by Gasteiger charge is -2.33. The maximum atomic E-state index is 14.1. The minimum Gasteiger partial charge on any atom is -0.460 e. The van der Waals surface area contributed by atoms with E-state index in [-0.39, 0.29) is 17.1 Å². The number of aliphatic hydroxyl groups is 1. The number of ether oxygens (including phenoxy) is 2. The number of hydrogen-bond acceptors (Lipinski definition) is 7. The van der Waals surface area contributed by atoms with Crippen molar-refractivity contribution < 1.29 is 32.6 Å². The largest absolute Gasteiger partial charge is 0.460 e. The van der Waals surface area contributed by atoms with Crippen molar-refractivity contribution in [1.29, 1.82) is 0 Å². The zero-order chi connectivity index (χ0) is 28.4. The number of esters is 2. The standard InChI is InChI=1S/C30H33NO7S/c1-21-15-17-24(18-16-21)39(35,36)31-25(27(32)38-29(2,3)4)19-30(34,23-13-9-6-10-14-23)26(31)28(33)37-20-22-11-7-5-8-12-22/h5-18,25-26,34H,19-20H2,1-4H3/t25-,26-,30+/m0/s1. The Morgan fingerprint density at radius 1 is 0.923 bits per heavy atom. The van der Waals surface area contributed by atoms with Gasteiger partial charge in [0.1, 0.15) is 23.9 Å². The molecule has 3 atom stereocenters. The fraction of sp³-hybridized carbons (Fsp3) is 0.333. The van der Waals surface area contributed by atoms with Crippen molar-refractivity contribution in [1.82, 2.24) is 4.31 Å². The first-order valence-electron chi connectivity index (χ1n) is 12.6. The summed E-state index contributed by atoms with van der Waals surface area (Å²) in [7, 11) is -4.49. The number of benzene rings is 3. The summed E-state index contributed by atoms with van der Waals surface area (Å²) in [4.78, 5) is 27.1. The Morgan fingerprint density at radius 2 is 1.49 bits per heavy atom. The van der Waals surface area contributed by atoms with Gasteiger partial charge in [-0.1, -0.05) is 78.4 Å². The van der Waals surface area contributed by atoms with Gasteiger partial charge in [-0.2, -0.15) is 4.31 Å². The van der Waals surface area contributed by atoms with Crippen LogP contribution in [0.4, 0.5) is 0 Å². The fourth-order valence-corrected chi connectivity index (χ4v) is 6.45. The molecule has 9 heteroatoms. The van der Waals surface area contributed by atoms with Crippen LogP contribution in [-0.4, -0.2) is 47.5 Å². The highest BCUT2D eigenvalue weighted by atomic mass is 32.2. The predicted octanol–water partition coefficient (Wildman–Crippen LogP) is 4.10. The molecule has 1 heterocycles. The third-order valence-electron chi connectivity index (χ3n) is 6.51. The minimum atomic E-state index is -4.49. The highest BCUT2D eigenvalue weighted by Crippen LogP contribution is 2.45. The SMILES string of the molecule is Cc1ccc(S(=O)(=O)N2[C@@H](C(=O)OCc3ccccc3)[C@](O)(c3ccccc3)C[C@H]2C(=O)OC(C)(C)C)cc1. The summed E-state index contributed by atoms with van der Waals surface area (Å²) in [6, 6.07) is 20.0. The Balaban J connectivity index is 1.86. The summed E-state index contributed by atoms with van der Waals surface area (Å²) in [6.07, 6.45) is -0.401. The third kappa shape index (κ3) is 6.06. The van der Waals surface area contributed by atoms with Crippen LogP contribution < -0.4 is 0 Å². The van der Waals surface area contributed by atoms with Gasteiger partial charge in [0.2, 0.25) is 10.0 Å². The van der Waals surface area contributed by atoms with Crippen molar-refractivity contribution in [3.8, 4) is 0 Å². The second kappa shape index (κ2) is 10.9. The van der Waals surface area contributed by atoms with E-state index in [9.17, 15) is 23.1 Å². The number of carbonyl (C=O) groups excluding carboxylic acids is 2. The zero-order valence-electron chi connectivity index (χ0n) is 22.4. The first-order chi connectivity index (χ1) is 18.3. The second-order valence-electron chi connectivity index (χ2n) is 10.7. The number of sulfonamides is 1. The summed E-state index contributed by atoms with van der Waals surface area (Å²) < 4.78 is 40.2. The van der Waals surface area contributed by atoms with E-state index in [1.54, 1.807) is 87.5 Å². The van der Waals surface area contributed by atoms with E-state index in [0.29, 0.717) is 5.56 Å². The molecule has 1 N–H and O–H groups in total. The molecular formula is C30H33NO7S. The van der Waals surface area contributed by atoms with E-state index in [0.717, 1.165) is 9.87 Å². The van der Waals surface area contributed by atoms with Gasteiger partial charge in [-0.15, -0.1) is 0 Å². The van der Waals surface area contributed by atoms with Gasteiger partial charge < -0.3 is 14.6 Å². The molecule has 0 radical (unpaired) electrons. The Kier molecular flexibility index (Phi) is 7.97. The van der Waals surface area contributed by atoms with Gasteiger partial charge in [0.15, 0.2) is 6.04 Å². The van der Waals surface area contributed by atoms with Crippen LogP contribution in [0.15, 0.2) is 89.8 Å². The summed E-state index contributed by atoms with van der Waals surface area (Å²) in [5, 5.41) is 12.1. The van der Waals surface area contributed by atoms with Crippen LogP contribution in [-0.2, 0) is 41.3 Å². The Hall–Kier alpha value is -3.53. The molecule has 1 saturated heterocycles. The number of carbonyl (C=O) groups is 2. The van der Waals surface area contributed by atoms with E-state index in [2.05, 4.69) is 0 Å². The van der Waals surface area contributed by atoms with E-state index >= 15 is 0 Å². The lowest BCUT2D eigenvalue weighted by Crippen LogP contribution is -2.53. The average Bonchev–Trinajstić information content (AvgIpc) is 3.23. The summed E-state index contributed by atoms with van der Waals surface area (Å²) >= 11 is 0. The van der Waals surface area contributed by atoms with Crippen LogP contribution in [0.5, 0.6) is 0 Å². The molecule has 0 spiro atoms. The number of hydrogen-bond donors (Lipinski definition) is 1. The van der Waals surface area contributed by atoms with E-state index in [1.807, 2.05) is 13.0 Å². The predicted molar refractivity (Wildman–Crippen MR) is 145 cm³/mol. The van der Waals surface area contributed by atoms with E-state index in [1.165, 1.54) is 12.1 Å². The summed E-state index contributed by atoms with van der Waals surface area (Å²) in [5.41, 5.74) is -1.22. The van der Waals surface area contributed by atoms with Crippen molar-refractivity contribution in [3.63, 3.8) is 0 Å². The summed E-state index contributed by atoms with van der Waals surface area (Å²) in [5.74, 6) is -1.85. The number of aryl methyl sites for hydroxylation is 1. The van der Waals surface area contributed by atoms with Gasteiger partial charge in [-0.3, -0.25) is 9.59 Å². The Labute approximate surface area is 229 Å². The fourth-order valence-electron chi connectivity index (χ4n) is 4.69. The molecule has 8 nitrogen and oxygen atoms in total. The molecule has 0 aromatic heterocycles. The highest BCUT2D eigenvalue weighted by molar-refractivity contribution is 7.89. The van der Waals surface area contributed by atoms with Gasteiger partial charge in [-0.05, 0) is 51.0 Å².